The van der Waals surface area contributed by atoms with Gasteiger partial charge in [-0.25, -0.2) is 9.59 Å². The number of aliphatic hydroxyl groups is 1. The first-order valence-corrected chi connectivity index (χ1v) is 12.5. The minimum absolute atomic E-state index is 0.0517. The predicted octanol–water partition coefficient (Wildman–Crippen LogP) is 3.78. The summed E-state index contributed by atoms with van der Waals surface area (Å²) in [6.07, 6.45) is 4.55. The van der Waals surface area contributed by atoms with Crippen LogP contribution in [-0.4, -0.2) is 41.5 Å². The van der Waals surface area contributed by atoms with E-state index in [-0.39, 0.29) is 47.9 Å². The molecule has 8 atom stereocenters. The van der Waals surface area contributed by atoms with E-state index in [0.29, 0.717) is 53.6 Å². The molecule has 35 heavy (non-hydrogen) atoms. The molecule has 4 bridgehead atoms. The highest BCUT2D eigenvalue weighted by molar-refractivity contribution is 5.89. The third-order valence-electron chi connectivity index (χ3n) is 8.83. The van der Waals surface area contributed by atoms with E-state index < -0.39 is 5.97 Å². The Bertz CT molecular complexity index is 1050. The Kier molecular flexibility index (Phi) is 6.49. The Labute approximate surface area is 205 Å². The van der Waals surface area contributed by atoms with Crippen LogP contribution < -0.4 is 4.74 Å². The zero-order chi connectivity index (χ0) is 24.9. The number of phenols is 1. The fourth-order valence-corrected chi connectivity index (χ4v) is 7.57. The van der Waals surface area contributed by atoms with Gasteiger partial charge < -0.3 is 24.4 Å². The lowest BCUT2D eigenvalue weighted by atomic mass is 9.67. The molecule has 5 rings (SSSR count). The lowest BCUT2D eigenvalue weighted by Gasteiger charge is -2.41. The molecule has 0 aromatic heterocycles. The summed E-state index contributed by atoms with van der Waals surface area (Å²) in [6, 6.07) is 4.26. The van der Waals surface area contributed by atoms with Crippen molar-refractivity contribution in [3.63, 3.8) is 0 Å². The van der Waals surface area contributed by atoms with Crippen molar-refractivity contribution in [3.8, 4) is 11.5 Å². The van der Waals surface area contributed by atoms with Crippen LogP contribution in [0.5, 0.6) is 11.5 Å². The normalized spacial score (nSPS) is 34.0. The summed E-state index contributed by atoms with van der Waals surface area (Å²) in [4.78, 5) is 24.4. The van der Waals surface area contributed by atoms with Crippen LogP contribution >= 0.6 is 0 Å². The number of carbonyl (C=O) groups is 2. The first-order valence-electron chi connectivity index (χ1n) is 12.5. The highest BCUT2D eigenvalue weighted by atomic mass is 16.5. The lowest BCUT2D eigenvalue weighted by molar-refractivity contribution is -0.149. The number of aromatic hydroxyl groups is 1. The van der Waals surface area contributed by atoms with Crippen LogP contribution in [0.2, 0.25) is 0 Å². The van der Waals surface area contributed by atoms with E-state index >= 15 is 0 Å². The number of benzene rings is 1. The quantitative estimate of drug-likeness (QED) is 0.239. The third kappa shape index (κ3) is 4.40. The maximum absolute atomic E-state index is 12.4. The van der Waals surface area contributed by atoms with Crippen molar-refractivity contribution in [2.75, 3.05) is 13.2 Å². The van der Waals surface area contributed by atoms with E-state index in [2.05, 4.69) is 13.2 Å². The standard InChI is InChI=1S/C28H34O7/c1-14(2)27(31)35-24-10-17-9-22(24)26-16-6-19(21(8-16)25(17)26)13-33-12-15(3)28(32)34-20-4-5-23(30)18(7-20)11-29/h4-5,7,16-17,19,21-22,24-26,29-30H,1,3,6,8-13H2,2H3. The van der Waals surface area contributed by atoms with Crippen LogP contribution in [0.4, 0.5) is 0 Å². The minimum Gasteiger partial charge on any atom is -0.508 e. The second kappa shape index (κ2) is 9.43. The smallest absolute Gasteiger partial charge is 0.341 e. The summed E-state index contributed by atoms with van der Waals surface area (Å²) in [5.74, 6) is 3.63. The Morgan fingerprint density at radius 1 is 1.03 bits per heavy atom. The molecule has 0 aliphatic heterocycles. The summed E-state index contributed by atoms with van der Waals surface area (Å²) >= 11 is 0. The average molecular weight is 483 g/mol. The fourth-order valence-electron chi connectivity index (χ4n) is 7.57. The third-order valence-corrected chi connectivity index (χ3v) is 8.83. The number of hydrogen-bond donors (Lipinski definition) is 2. The predicted molar refractivity (Wildman–Crippen MR) is 127 cm³/mol. The second-order valence-electron chi connectivity index (χ2n) is 10.9. The number of rotatable bonds is 9. The Morgan fingerprint density at radius 2 is 1.74 bits per heavy atom. The Hall–Kier alpha value is -2.64. The van der Waals surface area contributed by atoms with Gasteiger partial charge in [-0.05, 0) is 92.2 Å². The van der Waals surface area contributed by atoms with Gasteiger partial charge in [0.15, 0.2) is 0 Å². The van der Waals surface area contributed by atoms with Gasteiger partial charge in [0.05, 0.1) is 25.4 Å². The Morgan fingerprint density at radius 3 is 2.49 bits per heavy atom. The number of fused-ring (bicyclic) bond motifs is 9. The molecular weight excluding hydrogens is 448 g/mol. The summed E-state index contributed by atoms with van der Waals surface area (Å²) in [6.45, 7) is 9.59. The first-order chi connectivity index (χ1) is 16.8. The molecule has 7 nitrogen and oxygen atoms in total. The molecule has 4 aliphatic rings. The van der Waals surface area contributed by atoms with Crippen LogP contribution in [-0.2, 0) is 25.7 Å². The highest BCUT2D eigenvalue weighted by Crippen LogP contribution is 2.69. The van der Waals surface area contributed by atoms with Gasteiger partial charge in [-0.2, -0.15) is 0 Å². The SMILES string of the molecule is C=C(C)C(=O)OC1CC2CC1C1C3CC(COCC(=C)C(=O)Oc4ccc(O)c(CO)c4)C(C3)C21. The molecule has 2 N–H and O–H groups in total. The topological polar surface area (TPSA) is 102 Å². The molecule has 8 unspecified atom stereocenters. The Balaban J connectivity index is 1.09. The van der Waals surface area contributed by atoms with Crippen molar-refractivity contribution in [1.82, 2.24) is 0 Å². The number of ether oxygens (including phenoxy) is 3. The largest absolute Gasteiger partial charge is 0.508 e. The first kappa shape index (κ1) is 24.1. The minimum atomic E-state index is -0.587. The monoisotopic (exact) mass is 482 g/mol. The molecule has 0 radical (unpaired) electrons. The maximum Gasteiger partial charge on any atom is 0.341 e. The summed E-state index contributed by atoms with van der Waals surface area (Å²) in [7, 11) is 0. The van der Waals surface area contributed by atoms with Crippen molar-refractivity contribution in [2.45, 2.75) is 45.3 Å². The molecule has 0 heterocycles. The summed E-state index contributed by atoms with van der Waals surface area (Å²) < 4.78 is 17.0. The van der Waals surface area contributed by atoms with Crippen LogP contribution in [0, 0.1) is 41.4 Å². The second-order valence-corrected chi connectivity index (χ2v) is 10.9. The van der Waals surface area contributed by atoms with Gasteiger partial charge in [0.2, 0.25) is 0 Å². The number of hydrogen-bond acceptors (Lipinski definition) is 7. The number of carbonyl (C=O) groups excluding carboxylic acids is 2. The zero-order valence-electron chi connectivity index (χ0n) is 20.2. The highest BCUT2D eigenvalue weighted by Gasteiger charge is 2.65. The van der Waals surface area contributed by atoms with E-state index in [1.165, 1.54) is 31.0 Å². The molecule has 4 saturated carbocycles. The van der Waals surface area contributed by atoms with Gasteiger partial charge in [0.1, 0.15) is 17.6 Å². The molecule has 1 aromatic rings. The average Bonchev–Trinajstić information content (AvgIpc) is 3.59. The summed E-state index contributed by atoms with van der Waals surface area (Å²) in [5.41, 5.74) is 0.984. The molecule has 7 heteroatoms. The number of esters is 2. The van der Waals surface area contributed by atoms with Crippen LogP contribution in [0.1, 0.15) is 38.2 Å². The van der Waals surface area contributed by atoms with Crippen LogP contribution in [0.25, 0.3) is 0 Å². The van der Waals surface area contributed by atoms with Crippen molar-refractivity contribution in [2.24, 2.45) is 41.4 Å². The van der Waals surface area contributed by atoms with Crippen LogP contribution in [0.3, 0.4) is 0 Å². The van der Waals surface area contributed by atoms with E-state index in [0.717, 1.165) is 12.8 Å². The van der Waals surface area contributed by atoms with E-state index in [1.807, 2.05) is 0 Å². The van der Waals surface area contributed by atoms with Crippen LogP contribution in [0.15, 0.2) is 42.5 Å². The van der Waals surface area contributed by atoms with Gasteiger partial charge in [-0.3, -0.25) is 0 Å². The molecule has 188 valence electrons. The molecular formula is C28H34O7. The van der Waals surface area contributed by atoms with E-state index in [1.54, 1.807) is 6.92 Å². The van der Waals surface area contributed by atoms with Gasteiger partial charge in [0.25, 0.3) is 0 Å². The van der Waals surface area contributed by atoms with E-state index in [4.69, 9.17) is 14.2 Å². The van der Waals surface area contributed by atoms with Gasteiger partial charge in [-0.1, -0.05) is 13.2 Å². The molecule has 1 aromatic carbocycles. The summed E-state index contributed by atoms with van der Waals surface area (Å²) in [5, 5.41) is 18.9. The molecule has 0 amide bonds. The van der Waals surface area contributed by atoms with Gasteiger partial charge >= 0.3 is 11.9 Å². The van der Waals surface area contributed by atoms with Crippen molar-refractivity contribution in [1.29, 1.82) is 0 Å². The lowest BCUT2D eigenvalue weighted by Crippen LogP contribution is -2.40. The zero-order valence-corrected chi connectivity index (χ0v) is 20.2. The fraction of sp³-hybridized carbons (Fsp3) is 0.571. The van der Waals surface area contributed by atoms with E-state index in [9.17, 15) is 19.8 Å². The number of aliphatic hydroxyl groups excluding tert-OH is 1. The van der Waals surface area contributed by atoms with Crippen molar-refractivity contribution in [3.05, 3.63) is 48.1 Å². The molecule has 4 aliphatic carbocycles. The maximum atomic E-state index is 12.4. The van der Waals surface area contributed by atoms with Crippen molar-refractivity contribution >= 4 is 11.9 Å². The molecule has 0 spiro atoms. The van der Waals surface area contributed by atoms with Crippen molar-refractivity contribution < 1.29 is 34.0 Å². The van der Waals surface area contributed by atoms with Gasteiger partial charge in [-0.15, -0.1) is 0 Å². The molecule has 0 saturated heterocycles. The van der Waals surface area contributed by atoms with Gasteiger partial charge in [0, 0.05) is 11.1 Å². The molecule has 4 fully saturated rings.